The first kappa shape index (κ1) is 11.8. The lowest BCUT2D eigenvalue weighted by Crippen LogP contribution is -2.06. The largest absolute Gasteiger partial charge is 0.462 e. The summed E-state index contributed by atoms with van der Waals surface area (Å²) in [5, 5.41) is 0. The molecule has 15 heavy (non-hydrogen) atoms. The van der Waals surface area contributed by atoms with Gasteiger partial charge in [-0.2, -0.15) is 0 Å². The smallest absolute Gasteiger partial charge is 0.311 e. The topological polar surface area (TPSA) is 39.4 Å². The monoisotopic (exact) mass is 210 g/mol. The predicted octanol–water partition coefficient (Wildman–Crippen LogP) is 3.25. The van der Waals surface area contributed by atoms with Crippen LogP contribution in [0.4, 0.5) is 0 Å². The Labute approximate surface area is 90.4 Å². The first-order valence-electron chi connectivity index (χ1n) is 5.47. The highest BCUT2D eigenvalue weighted by molar-refractivity contribution is 5.72. The van der Waals surface area contributed by atoms with Gasteiger partial charge in [0.05, 0.1) is 0 Å². The molecule has 0 aromatic carbocycles. The van der Waals surface area contributed by atoms with Gasteiger partial charge in [0.2, 0.25) is 0 Å². The number of hydrogen-bond acceptors (Lipinski definition) is 3. The van der Waals surface area contributed by atoms with Crippen LogP contribution >= 0.6 is 0 Å². The van der Waals surface area contributed by atoms with E-state index in [2.05, 4.69) is 6.92 Å². The van der Waals surface area contributed by atoms with Crippen LogP contribution in [0.3, 0.4) is 0 Å². The Morgan fingerprint density at radius 3 is 2.73 bits per heavy atom. The van der Waals surface area contributed by atoms with Gasteiger partial charge >= 0.3 is 5.97 Å². The quantitative estimate of drug-likeness (QED) is 0.700. The maximum Gasteiger partial charge on any atom is 0.311 e. The van der Waals surface area contributed by atoms with E-state index < -0.39 is 0 Å². The predicted molar refractivity (Wildman–Crippen MR) is 58.0 cm³/mol. The molecule has 0 bridgehead atoms. The Hall–Kier alpha value is -1.25. The first-order valence-corrected chi connectivity index (χ1v) is 5.47. The molecule has 0 saturated carbocycles. The fourth-order valence-corrected chi connectivity index (χ4v) is 1.37. The normalized spacial score (nSPS) is 10.3. The summed E-state index contributed by atoms with van der Waals surface area (Å²) in [6.07, 6.45) is 3.16. The van der Waals surface area contributed by atoms with E-state index in [1.807, 2.05) is 19.9 Å². The summed E-state index contributed by atoms with van der Waals surface area (Å²) in [5.74, 6) is 1.94. The van der Waals surface area contributed by atoms with Crippen LogP contribution < -0.4 is 4.74 Å². The molecule has 0 amide bonds. The second kappa shape index (κ2) is 5.59. The molecule has 0 atom stereocenters. The third-order valence-electron chi connectivity index (χ3n) is 2.10. The molecule has 1 aromatic rings. The third-order valence-corrected chi connectivity index (χ3v) is 2.10. The van der Waals surface area contributed by atoms with E-state index in [9.17, 15) is 4.79 Å². The first-order chi connectivity index (χ1) is 7.17. The number of carbonyl (C=O) groups is 1. The number of aryl methyl sites for hydroxylation is 2. The van der Waals surface area contributed by atoms with E-state index in [1.165, 1.54) is 0 Å². The van der Waals surface area contributed by atoms with Crippen molar-refractivity contribution >= 4 is 5.97 Å². The highest BCUT2D eigenvalue weighted by Crippen LogP contribution is 2.24. The van der Waals surface area contributed by atoms with Gasteiger partial charge in [0.15, 0.2) is 5.75 Å². The SMILES string of the molecule is CCCC(=O)Oc1cc(CCC)oc1C. The highest BCUT2D eigenvalue weighted by Gasteiger charge is 2.11. The summed E-state index contributed by atoms with van der Waals surface area (Å²) >= 11 is 0. The Morgan fingerprint density at radius 1 is 1.40 bits per heavy atom. The third kappa shape index (κ3) is 3.42. The van der Waals surface area contributed by atoms with Crippen LogP contribution in [-0.2, 0) is 11.2 Å². The molecule has 0 aliphatic heterocycles. The summed E-state index contributed by atoms with van der Waals surface area (Å²) in [4.78, 5) is 11.3. The molecule has 3 heteroatoms. The molecule has 0 N–H and O–H groups in total. The Balaban J connectivity index is 2.64. The van der Waals surface area contributed by atoms with E-state index in [4.69, 9.17) is 9.15 Å². The van der Waals surface area contributed by atoms with Crippen molar-refractivity contribution in [2.75, 3.05) is 0 Å². The molecule has 1 aromatic heterocycles. The summed E-state index contributed by atoms with van der Waals surface area (Å²) < 4.78 is 10.6. The second-order valence-electron chi connectivity index (χ2n) is 3.61. The van der Waals surface area contributed by atoms with Crippen molar-refractivity contribution in [1.29, 1.82) is 0 Å². The Morgan fingerprint density at radius 2 is 2.13 bits per heavy atom. The minimum absolute atomic E-state index is 0.190. The van der Waals surface area contributed by atoms with E-state index in [1.54, 1.807) is 0 Å². The summed E-state index contributed by atoms with van der Waals surface area (Å²) in [7, 11) is 0. The van der Waals surface area contributed by atoms with Crippen LogP contribution in [0.1, 0.15) is 44.6 Å². The molecule has 0 unspecified atom stereocenters. The fraction of sp³-hybridized carbons (Fsp3) is 0.583. The number of furan rings is 1. The number of hydrogen-bond donors (Lipinski definition) is 0. The standard InChI is InChI=1S/C12H18O3/c1-4-6-10-8-11(9(3)14-10)15-12(13)7-5-2/h8H,4-7H2,1-3H3. The Kier molecular flexibility index (Phi) is 4.40. The zero-order valence-corrected chi connectivity index (χ0v) is 9.63. The number of rotatable bonds is 5. The maximum absolute atomic E-state index is 11.3. The zero-order valence-electron chi connectivity index (χ0n) is 9.63. The van der Waals surface area contributed by atoms with Crippen molar-refractivity contribution in [1.82, 2.24) is 0 Å². The molecule has 0 fully saturated rings. The summed E-state index contributed by atoms with van der Waals surface area (Å²) in [6.45, 7) is 5.85. The number of esters is 1. The summed E-state index contributed by atoms with van der Waals surface area (Å²) in [6, 6.07) is 1.81. The van der Waals surface area contributed by atoms with Gasteiger partial charge in [0, 0.05) is 18.9 Å². The number of carbonyl (C=O) groups excluding carboxylic acids is 1. The molecule has 0 aliphatic carbocycles. The molecule has 1 rings (SSSR count). The minimum atomic E-state index is -0.190. The molecule has 1 heterocycles. The van der Waals surface area contributed by atoms with Gasteiger partial charge in [-0.3, -0.25) is 4.79 Å². The van der Waals surface area contributed by atoms with Crippen LogP contribution in [0.2, 0.25) is 0 Å². The van der Waals surface area contributed by atoms with Crippen molar-refractivity contribution in [3.63, 3.8) is 0 Å². The van der Waals surface area contributed by atoms with Crippen LogP contribution in [-0.4, -0.2) is 5.97 Å². The van der Waals surface area contributed by atoms with E-state index in [-0.39, 0.29) is 5.97 Å². The fourth-order valence-electron chi connectivity index (χ4n) is 1.37. The van der Waals surface area contributed by atoms with Gasteiger partial charge in [0.1, 0.15) is 11.5 Å². The van der Waals surface area contributed by atoms with Gasteiger partial charge in [0.25, 0.3) is 0 Å². The molecule has 0 aliphatic rings. The van der Waals surface area contributed by atoms with Crippen molar-refractivity contribution in [3.8, 4) is 5.75 Å². The average Bonchev–Trinajstić information content (AvgIpc) is 2.48. The maximum atomic E-state index is 11.3. The van der Waals surface area contributed by atoms with Gasteiger partial charge in [-0.25, -0.2) is 0 Å². The lowest BCUT2D eigenvalue weighted by molar-refractivity contribution is -0.134. The van der Waals surface area contributed by atoms with E-state index in [0.717, 1.165) is 25.0 Å². The van der Waals surface area contributed by atoms with E-state index in [0.29, 0.717) is 17.9 Å². The second-order valence-corrected chi connectivity index (χ2v) is 3.61. The van der Waals surface area contributed by atoms with Crippen LogP contribution in [0.25, 0.3) is 0 Å². The summed E-state index contributed by atoms with van der Waals surface area (Å²) in [5.41, 5.74) is 0. The molecule has 0 radical (unpaired) electrons. The molecule has 0 saturated heterocycles. The lowest BCUT2D eigenvalue weighted by Gasteiger charge is -1.99. The van der Waals surface area contributed by atoms with Crippen molar-refractivity contribution < 1.29 is 13.9 Å². The van der Waals surface area contributed by atoms with Crippen molar-refractivity contribution in [3.05, 3.63) is 17.6 Å². The van der Waals surface area contributed by atoms with Crippen LogP contribution in [0, 0.1) is 6.92 Å². The zero-order chi connectivity index (χ0) is 11.3. The van der Waals surface area contributed by atoms with Gasteiger partial charge in [-0.1, -0.05) is 13.8 Å². The highest BCUT2D eigenvalue weighted by atomic mass is 16.5. The van der Waals surface area contributed by atoms with Gasteiger partial charge in [-0.05, 0) is 19.8 Å². The molecule has 3 nitrogen and oxygen atoms in total. The number of ether oxygens (including phenoxy) is 1. The van der Waals surface area contributed by atoms with E-state index >= 15 is 0 Å². The molecular weight excluding hydrogens is 192 g/mol. The minimum Gasteiger partial charge on any atom is -0.462 e. The van der Waals surface area contributed by atoms with Crippen LogP contribution in [0.5, 0.6) is 5.75 Å². The average molecular weight is 210 g/mol. The van der Waals surface area contributed by atoms with Crippen molar-refractivity contribution in [2.24, 2.45) is 0 Å². The van der Waals surface area contributed by atoms with Gasteiger partial charge < -0.3 is 9.15 Å². The Bertz CT molecular complexity index is 326. The molecular formula is C12H18O3. The molecule has 0 spiro atoms. The lowest BCUT2D eigenvalue weighted by atomic mass is 10.3. The molecule has 84 valence electrons. The van der Waals surface area contributed by atoms with Gasteiger partial charge in [-0.15, -0.1) is 0 Å². The van der Waals surface area contributed by atoms with Crippen molar-refractivity contribution in [2.45, 2.75) is 46.5 Å². The van der Waals surface area contributed by atoms with Crippen LogP contribution in [0.15, 0.2) is 10.5 Å².